The summed E-state index contributed by atoms with van der Waals surface area (Å²) < 4.78 is 27.9. The lowest BCUT2D eigenvalue weighted by Gasteiger charge is -2.31. The molecule has 0 spiro atoms. The molecule has 1 fully saturated rings. The molecule has 0 saturated carbocycles. The molecule has 0 bridgehead atoms. The molecule has 3 heterocycles. The Morgan fingerprint density at radius 1 is 1.20 bits per heavy atom. The summed E-state index contributed by atoms with van der Waals surface area (Å²) in [6.07, 6.45) is 2.11. The first-order valence-electron chi connectivity index (χ1n) is 10.7. The molecule has 4 rings (SSSR count). The van der Waals surface area contributed by atoms with Crippen LogP contribution >= 0.6 is 0 Å². The number of benzene rings is 1. The number of aromatic amines is 1. The van der Waals surface area contributed by atoms with Crippen molar-refractivity contribution >= 4 is 10.0 Å². The molecular weight excluding hydrogens is 400 g/mol. The summed E-state index contributed by atoms with van der Waals surface area (Å²) in [5.41, 5.74) is 3.27. The lowest BCUT2D eigenvalue weighted by molar-refractivity contribution is 0.198. The van der Waals surface area contributed by atoms with Crippen molar-refractivity contribution in [2.45, 2.75) is 64.4 Å². The quantitative estimate of drug-likeness (QED) is 0.788. The molecule has 2 aliphatic heterocycles. The fourth-order valence-electron chi connectivity index (χ4n) is 4.40. The Bertz CT molecular complexity index is 1080. The molecule has 1 aromatic carbocycles. The topological polar surface area (TPSA) is 86.4 Å². The molecule has 8 heteroatoms. The van der Waals surface area contributed by atoms with Crippen molar-refractivity contribution in [3.05, 3.63) is 62.8 Å². The SMILES string of the molecule is Cc1ccc(CS(=O)(=O)N2CCC[C@H]2c2nc3c(c(=O)[nH]2)CCN(C(C)C)C3)cc1. The Kier molecular flexibility index (Phi) is 5.83. The van der Waals surface area contributed by atoms with E-state index in [-0.39, 0.29) is 11.3 Å². The van der Waals surface area contributed by atoms with Crippen molar-refractivity contribution in [1.29, 1.82) is 0 Å². The van der Waals surface area contributed by atoms with Crippen LogP contribution < -0.4 is 5.56 Å². The second-order valence-electron chi connectivity index (χ2n) is 8.70. The van der Waals surface area contributed by atoms with Crippen LogP contribution in [0.15, 0.2) is 29.1 Å². The van der Waals surface area contributed by atoms with Gasteiger partial charge < -0.3 is 4.98 Å². The lowest BCUT2D eigenvalue weighted by Crippen LogP contribution is -2.40. The summed E-state index contributed by atoms with van der Waals surface area (Å²) in [5.74, 6) is 0.439. The highest BCUT2D eigenvalue weighted by Gasteiger charge is 2.37. The predicted octanol–water partition coefficient (Wildman–Crippen LogP) is 2.51. The van der Waals surface area contributed by atoms with Gasteiger partial charge in [-0.1, -0.05) is 29.8 Å². The normalized spacial score (nSPS) is 20.6. The van der Waals surface area contributed by atoms with Gasteiger partial charge in [0, 0.05) is 31.2 Å². The highest BCUT2D eigenvalue weighted by molar-refractivity contribution is 7.88. The van der Waals surface area contributed by atoms with Gasteiger partial charge in [0.2, 0.25) is 10.0 Å². The van der Waals surface area contributed by atoms with E-state index < -0.39 is 16.1 Å². The average Bonchev–Trinajstić information content (AvgIpc) is 3.20. The number of fused-ring (bicyclic) bond motifs is 1. The van der Waals surface area contributed by atoms with E-state index in [1.165, 1.54) is 4.31 Å². The molecule has 0 unspecified atom stereocenters. The second-order valence-corrected chi connectivity index (χ2v) is 10.6. The number of hydrogen-bond acceptors (Lipinski definition) is 5. The molecule has 1 aromatic heterocycles. The summed E-state index contributed by atoms with van der Waals surface area (Å²) in [4.78, 5) is 22.7. The Morgan fingerprint density at radius 3 is 2.63 bits per heavy atom. The zero-order chi connectivity index (χ0) is 21.5. The van der Waals surface area contributed by atoms with Gasteiger partial charge in [-0.2, -0.15) is 4.31 Å². The fourth-order valence-corrected chi connectivity index (χ4v) is 6.18. The zero-order valence-corrected chi connectivity index (χ0v) is 18.7. The van der Waals surface area contributed by atoms with Crippen LogP contribution in [0.3, 0.4) is 0 Å². The monoisotopic (exact) mass is 430 g/mol. The fraction of sp³-hybridized carbons (Fsp3) is 0.545. The number of aryl methyl sites for hydroxylation is 1. The van der Waals surface area contributed by atoms with Crippen LogP contribution in [0.4, 0.5) is 0 Å². The van der Waals surface area contributed by atoms with Crippen LogP contribution in [-0.2, 0) is 28.7 Å². The molecule has 1 atom stereocenters. The summed E-state index contributed by atoms with van der Waals surface area (Å²) in [6, 6.07) is 7.54. The van der Waals surface area contributed by atoms with Crippen LogP contribution in [0.1, 0.15) is 60.9 Å². The lowest BCUT2D eigenvalue weighted by atomic mass is 10.0. The summed E-state index contributed by atoms with van der Waals surface area (Å²) in [7, 11) is -3.52. The number of rotatable bonds is 5. The molecule has 162 valence electrons. The van der Waals surface area contributed by atoms with Crippen molar-refractivity contribution in [1.82, 2.24) is 19.2 Å². The van der Waals surface area contributed by atoms with Crippen LogP contribution in [0.25, 0.3) is 0 Å². The number of aromatic nitrogens is 2. The molecule has 30 heavy (non-hydrogen) atoms. The van der Waals surface area contributed by atoms with E-state index in [4.69, 9.17) is 4.98 Å². The largest absolute Gasteiger partial charge is 0.309 e. The Balaban J connectivity index is 1.62. The minimum Gasteiger partial charge on any atom is -0.309 e. The highest BCUT2D eigenvalue weighted by Crippen LogP contribution is 2.34. The minimum atomic E-state index is -3.52. The maximum absolute atomic E-state index is 13.2. The summed E-state index contributed by atoms with van der Waals surface area (Å²) >= 11 is 0. The molecule has 0 amide bonds. The van der Waals surface area contributed by atoms with Gasteiger partial charge in [0.15, 0.2) is 0 Å². The van der Waals surface area contributed by atoms with Crippen molar-refractivity contribution in [3.63, 3.8) is 0 Å². The number of H-pyrrole nitrogens is 1. The van der Waals surface area contributed by atoms with Crippen LogP contribution in [0.2, 0.25) is 0 Å². The van der Waals surface area contributed by atoms with Gasteiger partial charge >= 0.3 is 0 Å². The third-order valence-corrected chi connectivity index (χ3v) is 8.05. The van der Waals surface area contributed by atoms with Gasteiger partial charge in [-0.25, -0.2) is 13.4 Å². The molecule has 1 N–H and O–H groups in total. The molecule has 2 aromatic rings. The van der Waals surface area contributed by atoms with Gasteiger partial charge in [0.25, 0.3) is 5.56 Å². The first-order chi connectivity index (χ1) is 14.2. The van der Waals surface area contributed by atoms with Crippen LogP contribution in [-0.4, -0.2) is 46.7 Å². The van der Waals surface area contributed by atoms with Crippen LogP contribution in [0.5, 0.6) is 0 Å². The first kappa shape index (κ1) is 21.2. The third-order valence-electron chi connectivity index (χ3n) is 6.20. The van der Waals surface area contributed by atoms with Crippen molar-refractivity contribution in [2.24, 2.45) is 0 Å². The highest BCUT2D eigenvalue weighted by atomic mass is 32.2. The Labute approximate surface area is 178 Å². The van der Waals surface area contributed by atoms with E-state index in [1.807, 2.05) is 31.2 Å². The van der Waals surface area contributed by atoms with E-state index in [0.717, 1.165) is 35.3 Å². The summed E-state index contributed by atoms with van der Waals surface area (Å²) in [5, 5.41) is 0. The van der Waals surface area contributed by atoms with E-state index >= 15 is 0 Å². The van der Waals surface area contributed by atoms with E-state index in [1.54, 1.807) is 0 Å². The molecule has 0 aliphatic carbocycles. The Hall–Kier alpha value is -2.03. The first-order valence-corrected chi connectivity index (χ1v) is 12.3. The number of hydrogen-bond donors (Lipinski definition) is 1. The molecule has 1 saturated heterocycles. The van der Waals surface area contributed by atoms with Crippen LogP contribution in [0, 0.1) is 6.92 Å². The predicted molar refractivity (Wildman–Crippen MR) is 117 cm³/mol. The van der Waals surface area contributed by atoms with E-state index in [0.29, 0.717) is 37.8 Å². The standard InChI is InChI=1S/C22H30N4O3S/c1-15(2)25-12-10-18-19(13-25)23-21(24-22(18)27)20-5-4-11-26(20)30(28,29)14-17-8-6-16(3)7-9-17/h6-9,15,20H,4-5,10-14H2,1-3H3,(H,23,24,27)/t20-/m0/s1. The smallest absolute Gasteiger partial charge is 0.254 e. The maximum atomic E-state index is 13.2. The van der Waals surface area contributed by atoms with Gasteiger partial charge in [-0.15, -0.1) is 0 Å². The molecule has 7 nitrogen and oxygen atoms in total. The van der Waals surface area contributed by atoms with Crippen molar-refractivity contribution in [3.8, 4) is 0 Å². The van der Waals surface area contributed by atoms with Crippen molar-refractivity contribution < 1.29 is 8.42 Å². The maximum Gasteiger partial charge on any atom is 0.254 e. The Morgan fingerprint density at radius 2 is 1.93 bits per heavy atom. The second kappa shape index (κ2) is 8.24. The van der Waals surface area contributed by atoms with Gasteiger partial charge in [-0.3, -0.25) is 9.69 Å². The van der Waals surface area contributed by atoms with Crippen molar-refractivity contribution in [2.75, 3.05) is 13.1 Å². The number of sulfonamides is 1. The van der Waals surface area contributed by atoms with Gasteiger partial charge in [0.05, 0.1) is 17.5 Å². The summed E-state index contributed by atoms with van der Waals surface area (Å²) in [6.45, 7) is 8.18. The molecular formula is C22H30N4O3S. The van der Waals surface area contributed by atoms with E-state index in [9.17, 15) is 13.2 Å². The number of nitrogens with one attached hydrogen (secondary N) is 1. The third kappa shape index (κ3) is 4.22. The van der Waals surface area contributed by atoms with Gasteiger partial charge in [0.1, 0.15) is 5.82 Å². The zero-order valence-electron chi connectivity index (χ0n) is 17.9. The molecule has 2 aliphatic rings. The average molecular weight is 431 g/mol. The number of nitrogens with zero attached hydrogens (tertiary/aromatic N) is 3. The van der Waals surface area contributed by atoms with E-state index in [2.05, 4.69) is 23.7 Å². The molecule has 0 radical (unpaired) electrons. The minimum absolute atomic E-state index is 0.0416. The van der Waals surface area contributed by atoms with Gasteiger partial charge in [-0.05, 0) is 45.6 Å².